The lowest BCUT2D eigenvalue weighted by Gasteiger charge is -2.22. The molecule has 0 saturated heterocycles. The highest BCUT2D eigenvalue weighted by molar-refractivity contribution is 5.87. The highest BCUT2D eigenvalue weighted by Crippen LogP contribution is 2.09. The SMILES string of the molecule is CNC(CCCCNC(=O)OC(C)(C)C)C(=O)NC(CCCCNC(=O)OC(C)(C)C)C(=O)OC. The van der Waals surface area contributed by atoms with Crippen molar-refractivity contribution >= 4 is 24.1 Å². The predicted molar refractivity (Wildman–Crippen MR) is 133 cm³/mol. The molecule has 0 aliphatic rings. The zero-order valence-electron chi connectivity index (χ0n) is 22.7. The number of carbonyl (C=O) groups excluding carboxylic acids is 4. The lowest BCUT2D eigenvalue weighted by atomic mass is 10.1. The quantitative estimate of drug-likeness (QED) is 0.161. The Kier molecular flexibility index (Phi) is 15.0. The fourth-order valence-corrected chi connectivity index (χ4v) is 3.03. The standard InChI is InChI=1S/C24H46N4O7/c1-23(2,3)34-21(31)26-15-11-9-13-17(25-7)19(29)28-18(20(30)33-8)14-10-12-16-27-22(32)35-24(4,5)6/h17-18,25H,9-16H2,1-8H3,(H,26,31)(H,27,32)(H,28,29). The Hall–Kier alpha value is -2.56. The first-order valence-electron chi connectivity index (χ1n) is 12.2. The van der Waals surface area contributed by atoms with Gasteiger partial charge in [0.2, 0.25) is 5.91 Å². The average Bonchev–Trinajstić information content (AvgIpc) is 2.71. The van der Waals surface area contributed by atoms with Crippen molar-refractivity contribution in [3.05, 3.63) is 0 Å². The molecule has 2 atom stereocenters. The summed E-state index contributed by atoms with van der Waals surface area (Å²) >= 11 is 0. The molecular formula is C24H46N4O7. The van der Waals surface area contributed by atoms with Crippen LogP contribution < -0.4 is 21.3 Å². The zero-order valence-corrected chi connectivity index (χ0v) is 22.7. The van der Waals surface area contributed by atoms with E-state index in [0.29, 0.717) is 51.6 Å². The van der Waals surface area contributed by atoms with E-state index in [1.807, 2.05) is 0 Å². The minimum Gasteiger partial charge on any atom is -0.467 e. The van der Waals surface area contributed by atoms with Gasteiger partial charge in [0.15, 0.2) is 0 Å². The van der Waals surface area contributed by atoms with Crippen molar-refractivity contribution in [1.82, 2.24) is 21.3 Å². The molecule has 11 nitrogen and oxygen atoms in total. The molecule has 0 aromatic carbocycles. The first-order chi connectivity index (χ1) is 16.2. The monoisotopic (exact) mass is 502 g/mol. The van der Waals surface area contributed by atoms with Gasteiger partial charge in [0.1, 0.15) is 17.2 Å². The van der Waals surface area contributed by atoms with Gasteiger partial charge in [-0.3, -0.25) is 4.79 Å². The highest BCUT2D eigenvalue weighted by atomic mass is 16.6. The molecule has 0 aliphatic heterocycles. The van der Waals surface area contributed by atoms with Gasteiger partial charge in [0, 0.05) is 13.1 Å². The van der Waals surface area contributed by atoms with E-state index in [1.165, 1.54) is 7.11 Å². The highest BCUT2D eigenvalue weighted by Gasteiger charge is 2.25. The summed E-state index contributed by atoms with van der Waals surface area (Å²) in [7, 11) is 2.96. The van der Waals surface area contributed by atoms with Crippen LogP contribution in [-0.4, -0.2) is 74.6 Å². The second kappa shape index (κ2) is 16.2. The topological polar surface area (TPSA) is 144 Å². The predicted octanol–water partition coefficient (Wildman–Crippen LogP) is 2.62. The van der Waals surface area contributed by atoms with Crippen LogP contribution in [0.25, 0.3) is 0 Å². The molecule has 11 heteroatoms. The molecule has 3 amide bonds. The van der Waals surface area contributed by atoms with Crippen LogP contribution in [-0.2, 0) is 23.8 Å². The molecule has 0 aliphatic carbocycles. The fraction of sp³-hybridized carbons (Fsp3) is 0.833. The van der Waals surface area contributed by atoms with Gasteiger partial charge >= 0.3 is 18.2 Å². The molecule has 0 spiro atoms. The number of carbonyl (C=O) groups is 4. The van der Waals surface area contributed by atoms with Gasteiger partial charge in [-0.2, -0.15) is 0 Å². The van der Waals surface area contributed by atoms with E-state index < -0.39 is 41.4 Å². The number of nitrogens with one attached hydrogen (secondary N) is 4. The number of hydrogen-bond donors (Lipinski definition) is 4. The van der Waals surface area contributed by atoms with Gasteiger partial charge in [-0.15, -0.1) is 0 Å². The molecule has 0 fully saturated rings. The molecule has 0 saturated carbocycles. The Morgan fingerprint density at radius 2 is 1.14 bits per heavy atom. The van der Waals surface area contributed by atoms with Crippen LogP contribution in [0.3, 0.4) is 0 Å². The summed E-state index contributed by atoms with van der Waals surface area (Å²) in [4.78, 5) is 48.2. The number of esters is 1. The molecule has 4 N–H and O–H groups in total. The maximum absolute atomic E-state index is 12.7. The molecule has 204 valence electrons. The van der Waals surface area contributed by atoms with Gasteiger partial charge in [0.25, 0.3) is 0 Å². The molecule has 0 radical (unpaired) electrons. The number of amides is 3. The Bertz CT molecular complexity index is 672. The molecule has 0 heterocycles. The van der Waals surface area contributed by atoms with Crippen LogP contribution >= 0.6 is 0 Å². The Labute approximate surface area is 209 Å². The Morgan fingerprint density at radius 3 is 1.51 bits per heavy atom. The van der Waals surface area contributed by atoms with E-state index in [1.54, 1.807) is 48.6 Å². The maximum atomic E-state index is 12.7. The van der Waals surface area contributed by atoms with Crippen LogP contribution in [0.1, 0.15) is 80.1 Å². The zero-order chi connectivity index (χ0) is 27.1. The summed E-state index contributed by atoms with van der Waals surface area (Å²) in [6, 6.07) is -1.27. The normalized spacial score (nSPS) is 13.3. The van der Waals surface area contributed by atoms with Crippen molar-refractivity contribution < 1.29 is 33.4 Å². The first-order valence-corrected chi connectivity index (χ1v) is 12.2. The smallest absolute Gasteiger partial charge is 0.407 e. The van der Waals surface area contributed by atoms with Gasteiger partial charge in [-0.1, -0.05) is 0 Å². The van der Waals surface area contributed by atoms with E-state index in [-0.39, 0.29) is 5.91 Å². The minimum atomic E-state index is -0.779. The summed E-state index contributed by atoms with van der Waals surface area (Å²) in [5, 5.41) is 11.1. The van der Waals surface area contributed by atoms with Crippen LogP contribution in [0.2, 0.25) is 0 Å². The van der Waals surface area contributed by atoms with E-state index in [9.17, 15) is 19.2 Å². The summed E-state index contributed by atoms with van der Waals surface area (Å²) in [5.41, 5.74) is -1.12. The number of alkyl carbamates (subject to hydrolysis) is 2. The van der Waals surface area contributed by atoms with Crippen LogP contribution in [0.15, 0.2) is 0 Å². The van der Waals surface area contributed by atoms with E-state index in [4.69, 9.17) is 14.2 Å². The second-order valence-electron chi connectivity index (χ2n) is 10.3. The Morgan fingerprint density at radius 1 is 0.714 bits per heavy atom. The van der Waals surface area contributed by atoms with Crippen molar-refractivity contribution in [1.29, 1.82) is 0 Å². The van der Waals surface area contributed by atoms with Crippen molar-refractivity contribution in [3.63, 3.8) is 0 Å². The van der Waals surface area contributed by atoms with Gasteiger partial charge < -0.3 is 35.5 Å². The second-order valence-corrected chi connectivity index (χ2v) is 10.3. The molecule has 0 aromatic rings. The molecular weight excluding hydrogens is 456 g/mol. The summed E-state index contributed by atoms with van der Waals surface area (Å²) in [6.45, 7) is 11.6. The van der Waals surface area contributed by atoms with E-state index >= 15 is 0 Å². The van der Waals surface area contributed by atoms with Crippen molar-refractivity contribution in [2.24, 2.45) is 0 Å². The van der Waals surface area contributed by atoms with Crippen molar-refractivity contribution in [3.8, 4) is 0 Å². The number of unbranched alkanes of at least 4 members (excludes halogenated alkanes) is 2. The van der Waals surface area contributed by atoms with Gasteiger partial charge in [0.05, 0.1) is 13.2 Å². The molecule has 35 heavy (non-hydrogen) atoms. The summed E-state index contributed by atoms with van der Waals surface area (Å²) < 4.78 is 15.2. The largest absolute Gasteiger partial charge is 0.467 e. The number of hydrogen-bond acceptors (Lipinski definition) is 8. The molecule has 0 aromatic heterocycles. The van der Waals surface area contributed by atoms with Crippen molar-refractivity contribution in [2.45, 2.75) is 103 Å². The number of ether oxygens (including phenoxy) is 3. The summed E-state index contributed by atoms with van der Waals surface area (Å²) in [5.74, 6) is -0.815. The first kappa shape index (κ1) is 32.4. The van der Waals surface area contributed by atoms with Crippen molar-refractivity contribution in [2.75, 3.05) is 27.2 Å². The Balaban J connectivity index is 4.42. The molecule has 0 bridgehead atoms. The third-order valence-electron chi connectivity index (χ3n) is 4.64. The average molecular weight is 503 g/mol. The lowest BCUT2D eigenvalue weighted by molar-refractivity contribution is -0.145. The number of rotatable bonds is 14. The number of methoxy groups -OCH3 is 1. The van der Waals surface area contributed by atoms with Gasteiger partial charge in [-0.25, -0.2) is 14.4 Å². The number of likely N-dealkylation sites (N-methyl/N-ethyl adjacent to an activating group) is 1. The van der Waals surface area contributed by atoms with Crippen LogP contribution in [0.4, 0.5) is 9.59 Å². The third-order valence-corrected chi connectivity index (χ3v) is 4.64. The van der Waals surface area contributed by atoms with Crippen LogP contribution in [0, 0.1) is 0 Å². The molecule has 0 rings (SSSR count). The fourth-order valence-electron chi connectivity index (χ4n) is 3.03. The van der Waals surface area contributed by atoms with Crippen LogP contribution in [0.5, 0.6) is 0 Å². The van der Waals surface area contributed by atoms with E-state index in [0.717, 1.165) is 0 Å². The minimum absolute atomic E-state index is 0.296. The van der Waals surface area contributed by atoms with E-state index in [2.05, 4.69) is 21.3 Å². The third kappa shape index (κ3) is 17.5. The summed E-state index contributed by atoms with van der Waals surface area (Å²) in [6.07, 6.45) is 2.52. The maximum Gasteiger partial charge on any atom is 0.407 e. The molecule has 2 unspecified atom stereocenters. The lowest BCUT2D eigenvalue weighted by Crippen LogP contribution is -2.49. The van der Waals surface area contributed by atoms with Gasteiger partial charge in [-0.05, 0) is 87.1 Å².